The number of rotatable bonds is 4. The van der Waals surface area contributed by atoms with Crippen molar-refractivity contribution >= 4 is 21.4 Å². The summed E-state index contributed by atoms with van der Waals surface area (Å²) in [5, 5.41) is -0.882. The summed E-state index contributed by atoms with van der Waals surface area (Å²) < 4.78 is 61.5. The lowest BCUT2D eigenvalue weighted by Gasteiger charge is -2.32. The Labute approximate surface area is 172 Å². The van der Waals surface area contributed by atoms with Crippen LogP contribution in [0.5, 0.6) is 5.75 Å². The minimum atomic E-state index is -4.00. The van der Waals surface area contributed by atoms with Crippen LogP contribution in [0.2, 0.25) is 5.02 Å². The Balaban J connectivity index is 1.79. The molecule has 29 heavy (non-hydrogen) atoms. The second-order valence-corrected chi connectivity index (χ2v) is 9.49. The zero-order valence-electron chi connectivity index (χ0n) is 15.2. The maximum absolute atomic E-state index is 14.6. The van der Waals surface area contributed by atoms with E-state index in [4.69, 9.17) is 16.3 Å². The fourth-order valence-corrected chi connectivity index (χ4v) is 5.58. The van der Waals surface area contributed by atoms with E-state index >= 15 is 0 Å². The molecule has 1 aliphatic heterocycles. The molecule has 3 aromatic rings. The van der Waals surface area contributed by atoms with Gasteiger partial charge in [-0.1, -0.05) is 41.9 Å². The number of halogens is 3. The number of sulfone groups is 1. The van der Waals surface area contributed by atoms with Crippen LogP contribution in [0, 0.1) is 11.6 Å². The van der Waals surface area contributed by atoms with Crippen LogP contribution in [0.15, 0.2) is 71.6 Å². The van der Waals surface area contributed by atoms with Gasteiger partial charge in [-0.05, 0) is 42.0 Å². The maximum atomic E-state index is 14.6. The van der Waals surface area contributed by atoms with Gasteiger partial charge in [-0.15, -0.1) is 0 Å². The molecular formula is C22H17ClF2O3S. The molecule has 4 rings (SSSR count). The van der Waals surface area contributed by atoms with Gasteiger partial charge in [0.2, 0.25) is 0 Å². The van der Waals surface area contributed by atoms with Crippen LogP contribution in [0.1, 0.15) is 22.8 Å². The summed E-state index contributed by atoms with van der Waals surface area (Å²) in [6, 6.07) is 16.9. The Morgan fingerprint density at radius 1 is 0.931 bits per heavy atom. The van der Waals surface area contributed by atoms with Crippen LogP contribution in [-0.2, 0) is 16.3 Å². The number of fused-ring (bicyclic) bond motifs is 1. The molecule has 3 nitrogen and oxygen atoms in total. The SMILES string of the molecule is O=S(=O)(c1ccc(Cl)cc1)C1CC(Cc2ccccc2)Oc2c(F)ccc(F)c21. The molecule has 0 saturated heterocycles. The number of hydrogen-bond donors (Lipinski definition) is 0. The Kier molecular flexibility index (Phi) is 5.32. The largest absolute Gasteiger partial charge is 0.487 e. The predicted octanol–water partition coefficient (Wildman–Crippen LogP) is 5.53. The average Bonchev–Trinajstić information content (AvgIpc) is 2.71. The second-order valence-electron chi connectivity index (χ2n) is 6.92. The monoisotopic (exact) mass is 434 g/mol. The third-order valence-corrected chi connectivity index (χ3v) is 7.36. The molecule has 0 N–H and O–H groups in total. The highest BCUT2D eigenvalue weighted by Crippen LogP contribution is 2.45. The van der Waals surface area contributed by atoms with Crippen molar-refractivity contribution < 1.29 is 21.9 Å². The molecular weight excluding hydrogens is 418 g/mol. The number of ether oxygens (including phenoxy) is 1. The molecule has 3 aromatic carbocycles. The lowest BCUT2D eigenvalue weighted by atomic mass is 9.96. The lowest BCUT2D eigenvalue weighted by molar-refractivity contribution is 0.160. The van der Waals surface area contributed by atoms with Gasteiger partial charge < -0.3 is 4.74 Å². The number of benzene rings is 3. The molecule has 2 unspecified atom stereocenters. The van der Waals surface area contributed by atoms with Crippen LogP contribution >= 0.6 is 11.6 Å². The normalized spacial score (nSPS) is 18.7. The van der Waals surface area contributed by atoms with E-state index in [0.29, 0.717) is 11.4 Å². The zero-order valence-corrected chi connectivity index (χ0v) is 16.8. The van der Waals surface area contributed by atoms with Crippen molar-refractivity contribution in [3.63, 3.8) is 0 Å². The third kappa shape index (κ3) is 3.87. The van der Waals surface area contributed by atoms with Crippen LogP contribution in [0.3, 0.4) is 0 Å². The summed E-state index contributed by atoms with van der Waals surface area (Å²) >= 11 is 5.86. The summed E-state index contributed by atoms with van der Waals surface area (Å²) in [7, 11) is -4.00. The Morgan fingerprint density at radius 3 is 2.28 bits per heavy atom. The van der Waals surface area contributed by atoms with Crippen LogP contribution in [-0.4, -0.2) is 14.5 Å². The van der Waals surface area contributed by atoms with Gasteiger partial charge in [0.15, 0.2) is 21.4 Å². The van der Waals surface area contributed by atoms with Crippen molar-refractivity contribution in [2.45, 2.75) is 29.1 Å². The highest BCUT2D eigenvalue weighted by molar-refractivity contribution is 7.91. The molecule has 0 bridgehead atoms. The van der Waals surface area contributed by atoms with Gasteiger partial charge in [0, 0.05) is 17.9 Å². The first-order valence-corrected chi connectivity index (χ1v) is 11.0. The fourth-order valence-electron chi connectivity index (χ4n) is 3.61. The first-order chi connectivity index (χ1) is 13.9. The Hall–Kier alpha value is -2.44. The van der Waals surface area contributed by atoms with E-state index < -0.39 is 32.8 Å². The first kappa shape index (κ1) is 19.9. The second kappa shape index (κ2) is 7.76. The van der Waals surface area contributed by atoms with E-state index in [-0.39, 0.29) is 22.6 Å². The summed E-state index contributed by atoms with van der Waals surface area (Å²) in [6.45, 7) is 0. The molecule has 0 aliphatic carbocycles. The van der Waals surface area contributed by atoms with Gasteiger partial charge in [0.1, 0.15) is 17.2 Å². The van der Waals surface area contributed by atoms with E-state index in [2.05, 4.69) is 0 Å². The molecule has 2 atom stereocenters. The average molecular weight is 435 g/mol. The van der Waals surface area contributed by atoms with E-state index in [1.165, 1.54) is 24.3 Å². The Bertz CT molecular complexity index is 1130. The molecule has 150 valence electrons. The van der Waals surface area contributed by atoms with Crippen LogP contribution < -0.4 is 4.74 Å². The third-order valence-electron chi connectivity index (χ3n) is 5.00. The highest BCUT2D eigenvalue weighted by Gasteiger charge is 2.41. The van der Waals surface area contributed by atoms with Gasteiger partial charge in [-0.2, -0.15) is 0 Å². The minimum Gasteiger partial charge on any atom is -0.487 e. The predicted molar refractivity (Wildman–Crippen MR) is 107 cm³/mol. The zero-order chi connectivity index (χ0) is 20.6. The van der Waals surface area contributed by atoms with Crippen LogP contribution in [0.25, 0.3) is 0 Å². The molecule has 1 aliphatic rings. The van der Waals surface area contributed by atoms with Crippen molar-refractivity contribution in [2.24, 2.45) is 0 Å². The van der Waals surface area contributed by atoms with Gasteiger partial charge >= 0.3 is 0 Å². The van der Waals surface area contributed by atoms with Gasteiger partial charge in [-0.25, -0.2) is 17.2 Å². The molecule has 0 amide bonds. The molecule has 0 spiro atoms. The van der Waals surface area contributed by atoms with E-state index in [1.54, 1.807) is 0 Å². The fraction of sp³-hybridized carbons (Fsp3) is 0.182. The highest BCUT2D eigenvalue weighted by atomic mass is 35.5. The van der Waals surface area contributed by atoms with Crippen molar-refractivity contribution in [1.82, 2.24) is 0 Å². The topological polar surface area (TPSA) is 43.4 Å². The van der Waals surface area contributed by atoms with Crippen molar-refractivity contribution in [3.05, 3.63) is 94.5 Å². The summed E-state index contributed by atoms with van der Waals surface area (Å²) in [4.78, 5) is 0.00173. The minimum absolute atomic E-state index is 0.00173. The summed E-state index contributed by atoms with van der Waals surface area (Å²) in [5.41, 5.74) is 0.657. The molecule has 7 heteroatoms. The summed E-state index contributed by atoms with van der Waals surface area (Å²) in [6.07, 6.45) is -0.232. The quantitative estimate of drug-likeness (QED) is 0.542. The van der Waals surface area contributed by atoms with Crippen molar-refractivity contribution in [1.29, 1.82) is 0 Å². The summed E-state index contributed by atoms with van der Waals surface area (Å²) in [5.74, 6) is -1.92. The van der Waals surface area contributed by atoms with E-state index in [1.807, 2.05) is 30.3 Å². The standard InChI is InChI=1S/C22H17ClF2O3S/c23-15-6-8-17(9-7-15)29(26,27)20-13-16(12-14-4-2-1-3-5-14)28-22-19(25)11-10-18(24)21(20)22/h1-11,16,20H,12-13H2. The molecule has 1 heterocycles. The van der Waals surface area contributed by atoms with Crippen molar-refractivity contribution in [2.75, 3.05) is 0 Å². The van der Waals surface area contributed by atoms with E-state index in [0.717, 1.165) is 17.7 Å². The van der Waals surface area contributed by atoms with Crippen LogP contribution in [0.4, 0.5) is 8.78 Å². The molecule has 0 aromatic heterocycles. The number of hydrogen-bond acceptors (Lipinski definition) is 3. The molecule has 0 fully saturated rings. The van der Waals surface area contributed by atoms with Gasteiger partial charge in [-0.3, -0.25) is 0 Å². The molecule has 0 saturated carbocycles. The van der Waals surface area contributed by atoms with Gasteiger partial charge in [0.25, 0.3) is 0 Å². The van der Waals surface area contributed by atoms with Gasteiger partial charge in [0.05, 0.1) is 10.5 Å². The lowest BCUT2D eigenvalue weighted by Crippen LogP contribution is -2.32. The Morgan fingerprint density at radius 2 is 1.59 bits per heavy atom. The maximum Gasteiger partial charge on any atom is 0.185 e. The smallest absolute Gasteiger partial charge is 0.185 e. The molecule has 0 radical (unpaired) electrons. The van der Waals surface area contributed by atoms with Crippen molar-refractivity contribution in [3.8, 4) is 5.75 Å². The van der Waals surface area contributed by atoms with E-state index in [9.17, 15) is 17.2 Å². The first-order valence-electron chi connectivity index (χ1n) is 9.04.